The smallest absolute Gasteiger partial charge is 0.267 e. The first kappa shape index (κ1) is 21.9. The lowest BCUT2D eigenvalue weighted by Gasteiger charge is -2.34. The van der Waals surface area contributed by atoms with E-state index in [1.807, 2.05) is 30.3 Å². The van der Waals surface area contributed by atoms with Crippen LogP contribution in [-0.4, -0.2) is 43.6 Å². The Morgan fingerprint density at radius 3 is 2.66 bits per heavy atom. The quantitative estimate of drug-likeness (QED) is 0.301. The summed E-state index contributed by atoms with van der Waals surface area (Å²) in [5.74, 6) is -0.600. The molecule has 3 aromatic rings. The summed E-state index contributed by atoms with van der Waals surface area (Å²) in [5, 5.41) is 10.1. The number of aromatic nitrogens is 1. The van der Waals surface area contributed by atoms with Gasteiger partial charge in [-0.25, -0.2) is 18.6 Å². The Labute approximate surface area is 186 Å². The lowest BCUT2D eigenvalue weighted by Crippen LogP contribution is -2.44. The van der Waals surface area contributed by atoms with E-state index in [1.165, 1.54) is 6.08 Å². The maximum absolute atomic E-state index is 13.1. The zero-order chi connectivity index (χ0) is 22.6. The number of amides is 1. The number of hydrogen-bond acceptors (Lipinski definition) is 6. The van der Waals surface area contributed by atoms with Crippen LogP contribution in [0.5, 0.6) is 0 Å². The number of nitrogens with zero attached hydrogens (tertiary/aromatic N) is 2. The molecule has 1 amide bonds. The van der Waals surface area contributed by atoms with Crippen molar-refractivity contribution in [3.8, 4) is 0 Å². The molecule has 2 aromatic carbocycles. The van der Waals surface area contributed by atoms with Crippen molar-refractivity contribution in [2.75, 3.05) is 18.0 Å². The van der Waals surface area contributed by atoms with Crippen molar-refractivity contribution in [3.05, 3.63) is 72.6 Å². The molecule has 0 atom stereocenters. The molecule has 4 rings (SSSR count). The minimum absolute atomic E-state index is 0.170. The number of sulfonamides is 1. The van der Waals surface area contributed by atoms with Crippen LogP contribution in [0.4, 0.5) is 5.69 Å². The first-order valence-electron chi connectivity index (χ1n) is 10.3. The average molecular weight is 453 g/mol. The summed E-state index contributed by atoms with van der Waals surface area (Å²) in [6.45, 7) is 1.34. The molecule has 0 radical (unpaired) electrons. The topological polar surface area (TPSA) is 112 Å². The van der Waals surface area contributed by atoms with E-state index in [2.05, 4.69) is 14.6 Å². The molecule has 2 heterocycles. The predicted molar refractivity (Wildman–Crippen MR) is 123 cm³/mol. The van der Waals surface area contributed by atoms with Crippen molar-refractivity contribution >= 4 is 38.5 Å². The fourth-order valence-electron chi connectivity index (χ4n) is 3.97. The molecule has 1 aliphatic rings. The van der Waals surface area contributed by atoms with E-state index in [0.29, 0.717) is 31.3 Å². The largest absolute Gasteiger partial charge is 0.371 e. The highest BCUT2D eigenvalue weighted by Crippen LogP contribution is 2.27. The second kappa shape index (κ2) is 9.47. The Balaban J connectivity index is 1.46. The molecule has 9 heteroatoms. The molecule has 0 saturated carbocycles. The van der Waals surface area contributed by atoms with E-state index in [4.69, 9.17) is 5.21 Å². The van der Waals surface area contributed by atoms with Gasteiger partial charge in [-0.3, -0.25) is 15.0 Å². The second-order valence-corrected chi connectivity index (χ2v) is 9.29. The van der Waals surface area contributed by atoms with Gasteiger partial charge in [-0.2, -0.15) is 0 Å². The van der Waals surface area contributed by atoms with Gasteiger partial charge in [0.05, 0.1) is 4.90 Å². The standard InChI is InChI=1S/C23H24N4O4S/c28-23(25-29)9-8-17-4-1-2-6-21(17)27-14-11-19(12-15-27)26-32(30,31)22-7-3-5-18-16-24-13-10-20(18)22/h1-10,13,16,19,26,29H,11-12,14-15H2,(H,25,28)/b9-8+. The van der Waals surface area contributed by atoms with Crippen LogP contribution in [0.25, 0.3) is 16.8 Å². The SMILES string of the molecule is O=C(/C=C/c1ccccc1N1CCC(NS(=O)(=O)c2cccc3cnccc23)CC1)NO. The fraction of sp³-hybridized carbons (Fsp3) is 0.217. The van der Waals surface area contributed by atoms with Crippen molar-refractivity contribution in [1.29, 1.82) is 0 Å². The van der Waals surface area contributed by atoms with Crippen LogP contribution < -0.4 is 15.1 Å². The Kier molecular flexibility index (Phi) is 6.50. The maximum atomic E-state index is 13.1. The molecule has 0 unspecified atom stereocenters. The second-order valence-electron chi connectivity index (χ2n) is 7.60. The fourth-order valence-corrected chi connectivity index (χ4v) is 5.50. The number of hydrogen-bond donors (Lipinski definition) is 3. The highest BCUT2D eigenvalue weighted by atomic mass is 32.2. The van der Waals surface area contributed by atoms with Gasteiger partial charge in [-0.15, -0.1) is 0 Å². The highest BCUT2D eigenvalue weighted by Gasteiger charge is 2.26. The summed E-state index contributed by atoms with van der Waals surface area (Å²) < 4.78 is 29.0. The summed E-state index contributed by atoms with van der Waals surface area (Å²) in [7, 11) is -3.67. The van der Waals surface area contributed by atoms with Gasteiger partial charge in [0.2, 0.25) is 10.0 Å². The van der Waals surface area contributed by atoms with Gasteiger partial charge >= 0.3 is 0 Å². The molecule has 1 aliphatic heterocycles. The normalized spacial score (nSPS) is 15.3. The first-order valence-corrected chi connectivity index (χ1v) is 11.8. The van der Waals surface area contributed by atoms with Crippen molar-refractivity contribution in [3.63, 3.8) is 0 Å². The minimum Gasteiger partial charge on any atom is -0.371 e. The average Bonchev–Trinajstić information content (AvgIpc) is 2.82. The van der Waals surface area contributed by atoms with E-state index in [-0.39, 0.29) is 10.9 Å². The van der Waals surface area contributed by atoms with E-state index in [0.717, 1.165) is 16.6 Å². The summed E-state index contributed by atoms with van der Waals surface area (Å²) in [6, 6.07) is 14.4. The number of para-hydroxylation sites is 1. The maximum Gasteiger partial charge on any atom is 0.267 e. The predicted octanol–water partition coefficient (Wildman–Crippen LogP) is 2.70. The van der Waals surface area contributed by atoms with E-state index in [9.17, 15) is 13.2 Å². The van der Waals surface area contributed by atoms with Crippen LogP contribution >= 0.6 is 0 Å². The van der Waals surface area contributed by atoms with Gasteiger partial charge in [0, 0.05) is 54.1 Å². The molecule has 32 heavy (non-hydrogen) atoms. The van der Waals surface area contributed by atoms with Gasteiger partial charge < -0.3 is 4.90 Å². The molecule has 166 valence electrons. The number of rotatable bonds is 6. The summed E-state index contributed by atoms with van der Waals surface area (Å²) >= 11 is 0. The van der Waals surface area contributed by atoms with Crippen LogP contribution in [0.1, 0.15) is 18.4 Å². The number of piperidine rings is 1. The Hall–Kier alpha value is -3.27. The van der Waals surface area contributed by atoms with Gasteiger partial charge in [0.15, 0.2) is 0 Å². The van der Waals surface area contributed by atoms with E-state index < -0.39 is 15.9 Å². The van der Waals surface area contributed by atoms with Crippen LogP contribution in [0.15, 0.2) is 71.9 Å². The molecular formula is C23H24N4O4S. The lowest BCUT2D eigenvalue weighted by molar-refractivity contribution is -0.124. The van der Waals surface area contributed by atoms with Crippen molar-refractivity contribution in [1.82, 2.24) is 15.2 Å². The third kappa shape index (κ3) is 4.80. The molecule has 3 N–H and O–H groups in total. The number of nitrogens with one attached hydrogen (secondary N) is 2. The van der Waals surface area contributed by atoms with Crippen LogP contribution in [0, 0.1) is 0 Å². The van der Waals surface area contributed by atoms with Crippen molar-refractivity contribution in [2.45, 2.75) is 23.8 Å². The molecule has 0 bridgehead atoms. The monoisotopic (exact) mass is 452 g/mol. The number of carbonyl (C=O) groups excluding carboxylic acids is 1. The number of fused-ring (bicyclic) bond motifs is 1. The summed E-state index contributed by atoms with van der Waals surface area (Å²) in [5.41, 5.74) is 3.38. The van der Waals surface area contributed by atoms with Crippen molar-refractivity contribution < 1.29 is 18.4 Å². The third-order valence-corrected chi connectivity index (χ3v) is 7.13. The van der Waals surface area contributed by atoms with Gasteiger partial charge in [0.1, 0.15) is 0 Å². The number of hydroxylamine groups is 1. The zero-order valence-corrected chi connectivity index (χ0v) is 18.1. The summed E-state index contributed by atoms with van der Waals surface area (Å²) in [6.07, 6.45) is 7.46. The molecule has 1 fully saturated rings. The highest BCUT2D eigenvalue weighted by molar-refractivity contribution is 7.89. The van der Waals surface area contributed by atoms with Gasteiger partial charge in [-0.05, 0) is 42.7 Å². The molecule has 0 aliphatic carbocycles. The van der Waals surface area contributed by atoms with E-state index in [1.54, 1.807) is 42.1 Å². The third-order valence-electron chi connectivity index (χ3n) is 5.55. The molecule has 0 spiro atoms. The molecule has 8 nitrogen and oxygen atoms in total. The lowest BCUT2D eigenvalue weighted by atomic mass is 10.0. The van der Waals surface area contributed by atoms with Gasteiger partial charge in [0.25, 0.3) is 5.91 Å². The zero-order valence-electron chi connectivity index (χ0n) is 17.3. The Morgan fingerprint density at radius 1 is 1.09 bits per heavy atom. The van der Waals surface area contributed by atoms with Crippen molar-refractivity contribution in [2.24, 2.45) is 0 Å². The number of benzene rings is 2. The minimum atomic E-state index is -3.67. The molecular weight excluding hydrogens is 428 g/mol. The Morgan fingerprint density at radius 2 is 1.88 bits per heavy atom. The van der Waals surface area contributed by atoms with Crippen LogP contribution in [0.3, 0.4) is 0 Å². The first-order chi connectivity index (χ1) is 15.5. The van der Waals surface area contributed by atoms with E-state index >= 15 is 0 Å². The Bertz CT molecular complexity index is 1250. The van der Waals surface area contributed by atoms with Crippen LogP contribution in [-0.2, 0) is 14.8 Å². The number of pyridine rings is 1. The number of anilines is 1. The van der Waals surface area contributed by atoms with Crippen LogP contribution in [0.2, 0.25) is 0 Å². The number of carbonyl (C=O) groups is 1. The molecule has 1 saturated heterocycles. The summed E-state index contributed by atoms with van der Waals surface area (Å²) in [4.78, 5) is 17.8. The van der Waals surface area contributed by atoms with Gasteiger partial charge in [-0.1, -0.05) is 30.3 Å². The molecule has 1 aromatic heterocycles.